The van der Waals surface area contributed by atoms with Crippen LogP contribution in [0.15, 0.2) is 40.8 Å². The molecule has 19 heavy (non-hydrogen) atoms. The van der Waals surface area contributed by atoms with Gasteiger partial charge in [-0.1, -0.05) is 23.9 Å². The molecule has 0 atom stereocenters. The maximum Gasteiger partial charge on any atom is 0.284 e. The van der Waals surface area contributed by atoms with Crippen molar-refractivity contribution in [3.63, 3.8) is 0 Å². The van der Waals surface area contributed by atoms with Crippen molar-refractivity contribution >= 4 is 17.4 Å². The number of alkyl halides is 2. The summed E-state index contributed by atoms with van der Waals surface area (Å²) >= 11 is 0.507. The van der Waals surface area contributed by atoms with Gasteiger partial charge in [-0.05, 0) is 24.3 Å². The average Bonchev–Trinajstić information content (AvgIpc) is 2.83. The minimum Gasteiger partial charge on any atom is -0.463 e. The van der Waals surface area contributed by atoms with Crippen LogP contribution in [0.2, 0.25) is 0 Å². The first kappa shape index (κ1) is 13.9. The van der Waals surface area contributed by atoms with Crippen molar-refractivity contribution in [1.29, 1.82) is 0 Å². The first-order chi connectivity index (χ1) is 9.15. The van der Waals surface area contributed by atoms with Gasteiger partial charge < -0.3 is 9.73 Å². The monoisotopic (exact) mass is 287 g/mol. The van der Waals surface area contributed by atoms with Crippen molar-refractivity contribution in [2.75, 3.05) is 5.32 Å². The molecule has 0 spiro atoms. The molecule has 0 radical (unpaired) electrons. The molecule has 0 fully saturated rings. The molecule has 0 aliphatic rings. The van der Waals surface area contributed by atoms with Crippen LogP contribution in [0.25, 0.3) is 0 Å². The maximum atomic E-state index is 13.3. The van der Waals surface area contributed by atoms with Crippen LogP contribution in [0.1, 0.15) is 11.5 Å². The standard InChI is InChI=1S/C13H12F3NOS/c14-11-3-1-2-4-12(11)17-7-9-5-6-10(18-9)8-19-13(15)16/h1-6,13,17H,7-8H2. The second-order valence-corrected chi connectivity index (χ2v) is 4.75. The Morgan fingerprint density at radius 3 is 2.58 bits per heavy atom. The van der Waals surface area contributed by atoms with Gasteiger partial charge in [-0.3, -0.25) is 0 Å². The highest BCUT2D eigenvalue weighted by atomic mass is 32.2. The van der Waals surface area contributed by atoms with E-state index in [1.165, 1.54) is 6.07 Å². The van der Waals surface area contributed by atoms with Crippen molar-refractivity contribution in [2.45, 2.75) is 18.1 Å². The lowest BCUT2D eigenvalue weighted by atomic mass is 10.3. The number of nitrogens with one attached hydrogen (secondary N) is 1. The van der Waals surface area contributed by atoms with Crippen molar-refractivity contribution in [1.82, 2.24) is 0 Å². The fraction of sp³-hybridized carbons (Fsp3) is 0.231. The summed E-state index contributed by atoms with van der Waals surface area (Å²) in [4.78, 5) is 0. The highest BCUT2D eigenvalue weighted by Crippen LogP contribution is 2.22. The van der Waals surface area contributed by atoms with E-state index in [4.69, 9.17) is 4.42 Å². The van der Waals surface area contributed by atoms with E-state index in [9.17, 15) is 13.2 Å². The highest BCUT2D eigenvalue weighted by Gasteiger charge is 2.07. The third-order valence-corrected chi connectivity index (χ3v) is 3.10. The average molecular weight is 287 g/mol. The van der Waals surface area contributed by atoms with Crippen LogP contribution in [0, 0.1) is 5.82 Å². The van der Waals surface area contributed by atoms with E-state index in [1.807, 2.05) is 0 Å². The van der Waals surface area contributed by atoms with Crippen LogP contribution in [0.3, 0.4) is 0 Å². The molecule has 0 saturated heterocycles. The molecule has 0 bridgehead atoms. The number of thioether (sulfide) groups is 1. The molecule has 6 heteroatoms. The van der Waals surface area contributed by atoms with Gasteiger partial charge in [0.1, 0.15) is 17.3 Å². The normalized spacial score (nSPS) is 10.9. The molecule has 2 nitrogen and oxygen atoms in total. The molecule has 0 aliphatic heterocycles. The van der Waals surface area contributed by atoms with Gasteiger partial charge in [0.25, 0.3) is 5.76 Å². The van der Waals surface area contributed by atoms with Gasteiger partial charge in [0.2, 0.25) is 0 Å². The quantitative estimate of drug-likeness (QED) is 0.847. The van der Waals surface area contributed by atoms with Crippen LogP contribution in [0.5, 0.6) is 0 Å². The molecular formula is C13H12F3NOS. The summed E-state index contributed by atoms with van der Waals surface area (Å²) in [6.07, 6.45) is 0. The first-order valence-electron chi connectivity index (χ1n) is 5.61. The van der Waals surface area contributed by atoms with E-state index >= 15 is 0 Å². The smallest absolute Gasteiger partial charge is 0.284 e. The zero-order chi connectivity index (χ0) is 13.7. The van der Waals surface area contributed by atoms with Crippen molar-refractivity contribution < 1.29 is 17.6 Å². The molecule has 1 aromatic heterocycles. The number of rotatable bonds is 6. The van der Waals surface area contributed by atoms with Crippen LogP contribution in [-0.4, -0.2) is 5.76 Å². The number of halogens is 3. The van der Waals surface area contributed by atoms with E-state index in [0.717, 1.165) is 0 Å². The molecule has 102 valence electrons. The zero-order valence-corrected chi connectivity index (χ0v) is 10.7. The Kier molecular flexibility index (Phi) is 4.79. The number of hydrogen-bond acceptors (Lipinski definition) is 3. The Bertz CT molecular complexity index is 530. The van der Waals surface area contributed by atoms with Gasteiger partial charge in [0.05, 0.1) is 18.0 Å². The lowest BCUT2D eigenvalue weighted by molar-refractivity contribution is 0.251. The Morgan fingerprint density at radius 1 is 1.11 bits per heavy atom. The largest absolute Gasteiger partial charge is 0.463 e. The summed E-state index contributed by atoms with van der Waals surface area (Å²) in [7, 11) is 0. The van der Waals surface area contributed by atoms with Gasteiger partial charge in [-0.25, -0.2) is 4.39 Å². The molecular weight excluding hydrogens is 275 g/mol. The number of furan rings is 1. The van der Waals surface area contributed by atoms with E-state index in [-0.39, 0.29) is 11.6 Å². The highest BCUT2D eigenvalue weighted by molar-refractivity contribution is 7.98. The number of para-hydroxylation sites is 1. The lowest BCUT2D eigenvalue weighted by Crippen LogP contribution is -1.99. The molecule has 1 N–H and O–H groups in total. The second-order valence-electron chi connectivity index (χ2n) is 3.77. The van der Waals surface area contributed by atoms with Gasteiger partial charge >= 0.3 is 0 Å². The summed E-state index contributed by atoms with van der Waals surface area (Å²) in [5, 5.41) is 2.88. The topological polar surface area (TPSA) is 25.2 Å². The molecule has 1 heterocycles. The third kappa shape index (κ3) is 4.24. The van der Waals surface area contributed by atoms with Crippen LogP contribution in [0.4, 0.5) is 18.9 Å². The van der Waals surface area contributed by atoms with Gasteiger partial charge in [-0.15, -0.1) is 0 Å². The Balaban J connectivity index is 1.88. The van der Waals surface area contributed by atoms with Crippen LogP contribution < -0.4 is 5.32 Å². The summed E-state index contributed by atoms with van der Waals surface area (Å²) in [6, 6.07) is 9.63. The number of benzene rings is 1. The van der Waals surface area contributed by atoms with E-state index < -0.39 is 5.76 Å². The van der Waals surface area contributed by atoms with Crippen molar-refractivity contribution in [3.05, 3.63) is 53.7 Å². The SMILES string of the molecule is Fc1ccccc1NCc1ccc(CSC(F)F)o1. The van der Waals surface area contributed by atoms with Gasteiger partial charge in [0, 0.05) is 0 Å². The Labute approximate surface area is 113 Å². The summed E-state index contributed by atoms with van der Waals surface area (Å²) in [5.41, 5.74) is 0.377. The zero-order valence-electron chi connectivity index (χ0n) is 9.91. The van der Waals surface area contributed by atoms with Gasteiger partial charge in [-0.2, -0.15) is 8.78 Å². The fourth-order valence-electron chi connectivity index (χ4n) is 1.53. The van der Waals surface area contributed by atoms with Crippen LogP contribution >= 0.6 is 11.8 Å². The first-order valence-corrected chi connectivity index (χ1v) is 6.66. The second kappa shape index (κ2) is 6.56. The maximum absolute atomic E-state index is 13.3. The number of hydrogen-bond donors (Lipinski definition) is 1. The fourth-order valence-corrected chi connectivity index (χ4v) is 1.97. The van der Waals surface area contributed by atoms with E-state index in [1.54, 1.807) is 30.3 Å². The van der Waals surface area contributed by atoms with Crippen LogP contribution in [-0.2, 0) is 12.3 Å². The predicted molar refractivity (Wildman–Crippen MR) is 69.7 cm³/mol. The summed E-state index contributed by atoms with van der Waals surface area (Å²) < 4.78 is 42.7. The van der Waals surface area contributed by atoms with Crippen molar-refractivity contribution in [2.24, 2.45) is 0 Å². The Hall–Kier alpha value is -1.56. The Morgan fingerprint density at radius 2 is 1.84 bits per heavy atom. The molecule has 0 unspecified atom stereocenters. The summed E-state index contributed by atoms with van der Waals surface area (Å²) in [5.74, 6) is -1.58. The van der Waals surface area contributed by atoms with Crippen molar-refractivity contribution in [3.8, 4) is 0 Å². The third-order valence-electron chi connectivity index (χ3n) is 2.40. The number of anilines is 1. The molecule has 0 aliphatic carbocycles. The van der Waals surface area contributed by atoms with E-state index in [0.29, 0.717) is 35.5 Å². The van der Waals surface area contributed by atoms with Gasteiger partial charge in [0.15, 0.2) is 0 Å². The van der Waals surface area contributed by atoms with E-state index in [2.05, 4.69) is 5.32 Å². The predicted octanol–water partition coefficient (Wildman–Crippen LogP) is 4.49. The minimum atomic E-state index is -2.41. The molecule has 0 amide bonds. The molecule has 1 aromatic carbocycles. The summed E-state index contributed by atoms with van der Waals surface area (Å²) in [6.45, 7) is 0.306. The molecule has 0 saturated carbocycles. The molecule has 2 rings (SSSR count). The lowest BCUT2D eigenvalue weighted by Gasteiger charge is -2.05. The molecule has 2 aromatic rings. The minimum absolute atomic E-state index is 0.122.